The largest absolute Gasteiger partial charge is 0.491 e. The zero-order valence-electron chi connectivity index (χ0n) is 17.1. The summed E-state index contributed by atoms with van der Waals surface area (Å²) in [5, 5.41) is 0. The number of hydrogen-bond donors (Lipinski definition) is 0. The molecule has 0 saturated carbocycles. The quantitative estimate of drug-likeness (QED) is 0.603. The lowest BCUT2D eigenvalue weighted by molar-refractivity contribution is -0.143. The Balaban J connectivity index is 2.14. The second kappa shape index (κ2) is 10.5. The van der Waals surface area contributed by atoms with Crippen molar-refractivity contribution in [3.8, 4) is 5.75 Å². The Labute approximate surface area is 167 Å². The highest BCUT2D eigenvalue weighted by Crippen LogP contribution is 2.17. The monoisotopic (exact) mass is 383 g/mol. The van der Waals surface area contributed by atoms with E-state index in [0.29, 0.717) is 25.3 Å². The van der Waals surface area contributed by atoms with E-state index in [-0.39, 0.29) is 24.4 Å². The number of benzene rings is 2. The average Bonchev–Trinajstić information content (AvgIpc) is 2.66. The third kappa shape index (κ3) is 6.72. The van der Waals surface area contributed by atoms with E-state index in [1.807, 2.05) is 45.0 Å². The lowest BCUT2D eigenvalue weighted by Crippen LogP contribution is -2.33. The number of nitrogens with zero attached hydrogens (tertiary/aromatic N) is 1. The minimum Gasteiger partial charge on any atom is -0.491 e. The van der Waals surface area contributed by atoms with E-state index < -0.39 is 0 Å². The van der Waals surface area contributed by atoms with Crippen LogP contribution in [0.1, 0.15) is 48.7 Å². The number of rotatable bonds is 9. The molecule has 2 aromatic carbocycles. The molecule has 28 heavy (non-hydrogen) atoms. The summed E-state index contributed by atoms with van der Waals surface area (Å²) in [6.45, 7) is 8.78. The van der Waals surface area contributed by atoms with Crippen molar-refractivity contribution in [3.05, 3.63) is 65.2 Å². The zero-order valence-corrected chi connectivity index (χ0v) is 17.1. The number of carbonyl (C=O) groups is 2. The molecule has 0 atom stereocenters. The summed E-state index contributed by atoms with van der Waals surface area (Å²) in [4.78, 5) is 26.5. The maximum absolute atomic E-state index is 13.1. The van der Waals surface area contributed by atoms with Gasteiger partial charge in [0.15, 0.2) is 0 Å². The molecule has 0 saturated heterocycles. The molecule has 2 aromatic rings. The van der Waals surface area contributed by atoms with Gasteiger partial charge in [0, 0.05) is 18.7 Å². The van der Waals surface area contributed by atoms with Gasteiger partial charge in [-0.3, -0.25) is 9.59 Å². The predicted molar refractivity (Wildman–Crippen MR) is 109 cm³/mol. The molecule has 0 bridgehead atoms. The van der Waals surface area contributed by atoms with Crippen molar-refractivity contribution in [2.45, 2.75) is 46.8 Å². The van der Waals surface area contributed by atoms with Gasteiger partial charge in [-0.25, -0.2) is 0 Å². The molecule has 0 spiro atoms. The molecule has 0 unspecified atom stereocenters. The topological polar surface area (TPSA) is 55.8 Å². The first-order chi connectivity index (χ1) is 13.4. The minimum atomic E-state index is -0.301. The van der Waals surface area contributed by atoms with Crippen molar-refractivity contribution in [1.82, 2.24) is 4.90 Å². The molecule has 0 fully saturated rings. The molecule has 5 nitrogen and oxygen atoms in total. The standard InChI is InChI=1S/C23H29NO4/c1-5-27-22(25)14-15-24(16-19-8-6-18(4)7-9-19)23(26)20-10-12-21(13-11-20)28-17(2)3/h6-13,17H,5,14-16H2,1-4H3. The Bertz CT molecular complexity index is 766. The van der Waals surface area contributed by atoms with Crippen LogP contribution in [0, 0.1) is 6.92 Å². The summed E-state index contributed by atoms with van der Waals surface area (Å²) in [6, 6.07) is 15.1. The molecule has 2 rings (SSSR count). The highest BCUT2D eigenvalue weighted by atomic mass is 16.5. The lowest BCUT2D eigenvalue weighted by atomic mass is 10.1. The number of hydrogen-bond acceptors (Lipinski definition) is 4. The van der Waals surface area contributed by atoms with Crippen LogP contribution in [0.3, 0.4) is 0 Å². The molecule has 0 heterocycles. The Morgan fingerprint density at radius 2 is 1.64 bits per heavy atom. The average molecular weight is 383 g/mol. The van der Waals surface area contributed by atoms with E-state index in [4.69, 9.17) is 9.47 Å². The van der Waals surface area contributed by atoms with Gasteiger partial charge >= 0.3 is 5.97 Å². The maximum atomic E-state index is 13.1. The van der Waals surface area contributed by atoms with Crippen LogP contribution in [0.15, 0.2) is 48.5 Å². The lowest BCUT2D eigenvalue weighted by Gasteiger charge is -2.23. The molecular formula is C23H29NO4. The number of amides is 1. The highest BCUT2D eigenvalue weighted by Gasteiger charge is 2.18. The van der Waals surface area contributed by atoms with Gasteiger partial charge in [0.05, 0.1) is 19.1 Å². The molecule has 1 amide bonds. The third-order valence-corrected chi connectivity index (χ3v) is 4.15. The van der Waals surface area contributed by atoms with Gasteiger partial charge in [0.1, 0.15) is 5.75 Å². The van der Waals surface area contributed by atoms with Gasteiger partial charge in [0.25, 0.3) is 5.91 Å². The molecule has 0 radical (unpaired) electrons. The summed E-state index contributed by atoms with van der Waals surface area (Å²) in [7, 11) is 0. The summed E-state index contributed by atoms with van der Waals surface area (Å²) >= 11 is 0. The summed E-state index contributed by atoms with van der Waals surface area (Å²) < 4.78 is 10.6. The summed E-state index contributed by atoms with van der Waals surface area (Å²) in [5.74, 6) is 0.300. The van der Waals surface area contributed by atoms with Gasteiger partial charge in [-0.05, 0) is 57.5 Å². The Morgan fingerprint density at radius 3 is 2.21 bits per heavy atom. The van der Waals surface area contributed by atoms with E-state index in [9.17, 15) is 9.59 Å². The molecule has 0 N–H and O–H groups in total. The van der Waals surface area contributed by atoms with E-state index >= 15 is 0 Å². The Kier molecular flexibility index (Phi) is 8.05. The first kappa shape index (κ1) is 21.5. The van der Waals surface area contributed by atoms with Crippen molar-refractivity contribution < 1.29 is 19.1 Å². The number of esters is 1. The first-order valence-corrected chi connectivity index (χ1v) is 9.66. The molecule has 0 aliphatic carbocycles. The molecule has 0 aliphatic rings. The van der Waals surface area contributed by atoms with Gasteiger partial charge in [-0.2, -0.15) is 0 Å². The van der Waals surface area contributed by atoms with Crippen LogP contribution in [0.4, 0.5) is 0 Å². The SMILES string of the molecule is CCOC(=O)CCN(Cc1ccc(C)cc1)C(=O)c1ccc(OC(C)C)cc1. The van der Waals surface area contributed by atoms with E-state index in [1.54, 1.807) is 36.1 Å². The van der Waals surface area contributed by atoms with Crippen LogP contribution in [0.25, 0.3) is 0 Å². The van der Waals surface area contributed by atoms with Crippen LogP contribution < -0.4 is 4.74 Å². The fourth-order valence-corrected chi connectivity index (χ4v) is 2.76. The third-order valence-electron chi connectivity index (χ3n) is 4.15. The van der Waals surface area contributed by atoms with Crippen LogP contribution in [0.5, 0.6) is 5.75 Å². The Hall–Kier alpha value is -2.82. The van der Waals surface area contributed by atoms with Crippen LogP contribution >= 0.6 is 0 Å². The number of ether oxygens (including phenoxy) is 2. The van der Waals surface area contributed by atoms with Crippen molar-refractivity contribution in [3.63, 3.8) is 0 Å². The van der Waals surface area contributed by atoms with E-state index in [2.05, 4.69) is 0 Å². The fourth-order valence-electron chi connectivity index (χ4n) is 2.76. The van der Waals surface area contributed by atoms with Crippen LogP contribution in [-0.2, 0) is 16.1 Å². The fraction of sp³-hybridized carbons (Fsp3) is 0.391. The number of carbonyl (C=O) groups excluding carboxylic acids is 2. The summed E-state index contributed by atoms with van der Waals surface area (Å²) in [6.07, 6.45) is 0.240. The van der Waals surface area contributed by atoms with Crippen molar-refractivity contribution in [2.24, 2.45) is 0 Å². The van der Waals surface area contributed by atoms with Crippen molar-refractivity contribution in [1.29, 1.82) is 0 Å². The number of aryl methyl sites for hydroxylation is 1. The highest BCUT2D eigenvalue weighted by molar-refractivity contribution is 5.94. The normalized spacial score (nSPS) is 10.6. The smallest absolute Gasteiger partial charge is 0.307 e. The minimum absolute atomic E-state index is 0.0733. The van der Waals surface area contributed by atoms with Gasteiger partial charge < -0.3 is 14.4 Å². The van der Waals surface area contributed by atoms with E-state index in [0.717, 1.165) is 16.9 Å². The molecule has 150 valence electrons. The van der Waals surface area contributed by atoms with E-state index in [1.165, 1.54) is 0 Å². The van der Waals surface area contributed by atoms with Crippen LogP contribution in [0.2, 0.25) is 0 Å². The van der Waals surface area contributed by atoms with Gasteiger partial charge in [-0.15, -0.1) is 0 Å². The first-order valence-electron chi connectivity index (χ1n) is 9.66. The van der Waals surface area contributed by atoms with Crippen molar-refractivity contribution >= 4 is 11.9 Å². The molecule has 0 aromatic heterocycles. The van der Waals surface area contributed by atoms with Gasteiger partial charge in [-0.1, -0.05) is 29.8 Å². The second-order valence-electron chi connectivity index (χ2n) is 6.96. The second-order valence-corrected chi connectivity index (χ2v) is 6.96. The maximum Gasteiger partial charge on any atom is 0.307 e. The molecular weight excluding hydrogens is 354 g/mol. The molecule has 0 aliphatic heterocycles. The van der Waals surface area contributed by atoms with Crippen molar-refractivity contribution in [2.75, 3.05) is 13.2 Å². The molecule has 5 heteroatoms. The van der Waals surface area contributed by atoms with Gasteiger partial charge in [0.2, 0.25) is 0 Å². The van der Waals surface area contributed by atoms with Crippen LogP contribution in [-0.4, -0.2) is 36.0 Å². The Morgan fingerprint density at radius 1 is 1.00 bits per heavy atom. The predicted octanol–water partition coefficient (Wildman–Crippen LogP) is 4.38. The summed E-state index contributed by atoms with van der Waals surface area (Å²) in [5.41, 5.74) is 2.74. The zero-order chi connectivity index (χ0) is 20.5.